The van der Waals surface area contributed by atoms with Gasteiger partial charge in [-0.2, -0.15) is 0 Å². The number of nitrogens with zero attached hydrogens (tertiary/aromatic N) is 4. The monoisotopic (exact) mass is 844 g/mol. The van der Waals surface area contributed by atoms with Gasteiger partial charge >= 0.3 is 0 Å². The van der Waals surface area contributed by atoms with Gasteiger partial charge in [-0.15, -0.1) is 5.54 Å². The van der Waals surface area contributed by atoms with Crippen LogP contribution < -0.4 is 37.0 Å². The number of hydrazine groups is 1. The fraction of sp³-hybridized carbons (Fsp3) is 0.469. The maximum absolute atomic E-state index is 12.8. The average Bonchev–Trinajstić information content (AvgIpc) is 3.21. The molecular formula is C49H68N6O3Si2. The molecule has 2 aliphatic heterocycles. The van der Waals surface area contributed by atoms with Gasteiger partial charge in [-0.1, -0.05) is 129 Å². The summed E-state index contributed by atoms with van der Waals surface area (Å²) in [7, 11) is -2.48. The molecule has 3 aromatic carbocycles. The average molecular weight is 845 g/mol. The highest BCUT2D eigenvalue weighted by atomic mass is 28.4. The molecule has 0 spiro atoms. The predicted molar refractivity (Wildman–Crippen MR) is 255 cm³/mol. The van der Waals surface area contributed by atoms with Crippen LogP contribution in [0.3, 0.4) is 0 Å². The van der Waals surface area contributed by atoms with Crippen molar-refractivity contribution in [3.8, 4) is 11.5 Å². The fourth-order valence-corrected chi connectivity index (χ4v) is 19.3. The van der Waals surface area contributed by atoms with Gasteiger partial charge in [-0.25, -0.2) is 4.99 Å². The Hall–Kier alpha value is -4.45. The highest BCUT2D eigenvalue weighted by Gasteiger charge is 2.50. The lowest BCUT2D eigenvalue weighted by Gasteiger charge is -2.43. The summed E-state index contributed by atoms with van der Waals surface area (Å²) in [6.07, 6.45) is 2.77. The zero-order chi connectivity index (χ0) is 43.1. The van der Waals surface area contributed by atoms with Gasteiger partial charge in [0, 0.05) is 49.7 Å². The van der Waals surface area contributed by atoms with Crippen LogP contribution in [-0.4, -0.2) is 91.0 Å². The molecule has 11 heteroatoms. The van der Waals surface area contributed by atoms with Crippen molar-refractivity contribution in [2.75, 3.05) is 70.0 Å². The van der Waals surface area contributed by atoms with E-state index in [0.29, 0.717) is 48.6 Å². The molecule has 0 bridgehead atoms. The number of rotatable bonds is 15. The van der Waals surface area contributed by atoms with E-state index in [1.807, 2.05) is 11.2 Å². The second-order valence-corrected chi connectivity index (χ2v) is 28.4. The number of hydrogen-bond acceptors (Lipinski definition) is 8. The summed E-state index contributed by atoms with van der Waals surface area (Å²) in [5.74, 6) is 3.53. The zero-order valence-corrected chi connectivity index (χ0v) is 39.8. The molecule has 60 heavy (non-hydrogen) atoms. The molecule has 2 N–H and O–H groups in total. The van der Waals surface area contributed by atoms with Crippen LogP contribution in [-0.2, 0) is 15.6 Å². The molecule has 0 atom stereocenters. The number of anilines is 2. The molecule has 320 valence electrons. The van der Waals surface area contributed by atoms with E-state index in [0.717, 1.165) is 49.1 Å². The minimum atomic E-state index is -2.64. The van der Waals surface area contributed by atoms with Crippen LogP contribution in [0.5, 0.6) is 0 Å². The van der Waals surface area contributed by atoms with Crippen LogP contribution in [0.4, 0.5) is 11.4 Å². The van der Waals surface area contributed by atoms with Crippen LogP contribution in [0, 0.1) is 11.5 Å². The van der Waals surface area contributed by atoms with E-state index in [9.17, 15) is 4.79 Å². The Morgan fingerprint density at radius 1 is 0.817 bits per heavy atom. The summed E-state index contributed by atoms with van der Waals surface area (Å²) in [4.78, 5) is 25.5. The van der Waals surface area contributed by atoms with Crippen molar-refractivity contribution in [2.24, 2.45) is 4.99 Å². The van der Waals surface area contributed by atoms with E-state index in [2.05, 4.69) is 180 Å². The lowest BCUT2D eigenvalue weighted by atomic mass is 10.1. The number of hydrogen-bond donors (Lipinski definition) is 2. The topological polar surface area (TPSA) is 85.4 Å². The number of piperazine rings is 1. The molecule has 0 aliphatic carbocycles. The molecule has 1 aromatic heterocycles. The first-order valence-electron chi connectivity index (χ1n) is 21.9. The van der Waals surface area contributed by atoms with Gasteiger partial charge in [0.2, 0.25) is 0 Å². The normalized spacial score (nSPS) is 15.1. The van der Waals surface area contributed by atoms with Gasteiger partial charge in [-0.3, -0.25) is 15.2 Å². The summed E-state index contributed by atoms with van der Waals surface area (Å²) in [5.41, 5.74) is 13.5. The van der Waals surface area contributed by atoms with E-state index in [4.69, 9.17) is 14.2 Å². The summed E-state index contributed by atoms with van der Waals surface area (Å²) >= 11 is 0. The Labute approximate surface area is 361 Å². The third-order valence-electron chi connectivity index (χ3n) is 12.7. The first kappa shape index (κ1) is 45.1. The van der Waals surface area contributed by atoms with Gasteiger partial charge < -0.3 is 23.9 Å². The number of benzene rings is 3. The van der Waals surface area contributed by atoms with Gasteiger partial charge in [-0.05, 0) is 69.3 Å². The molecule has 4 aromatic rings. The van der Waals surface area contributed by atoms with E-state index in [-0.39, 0.29) is 10.6 Å². The zero-order valence-electron chi connectivity index (χ0n) is 37.8. The maximum atomic E-state index is 12.8. The first-order chi connectivity index (χ1) is 28.7. The van der Waals surface area contributed by atoms with Crippen molar-refractivity contribution in [1.29, 1.82) is 0 Å². The molecule has 6 rings (SSSR count). The second-order valence-electron chi connectivity index (χ2n) is 18.5. The third-order valence-corrected chi connectivity index (χ3v) is 24.0. The lowest BCUT2D eigenvalue weighted by molar-refractivity contribution is 0.0991. The molecule has 0 radical (unpaired) electrons. The molecule has 0 saturated carbocycles. The van der Waals surface area contributed by atoms with Crippen LogP contribution in [0.15, 0.2) is 94.7 Å². The molecule has 2 aliphatic rings. The molecule has 9 nitrogen and oxygen atoms in total. The first-order valence-corrected chi connectivity index (χ1v) is 26.0. The number of H-pyrrole nitrogens is 1. The van der Waals surface area contributed by atoms with Crippen molar-refractivity contribution in [1.82, 2.24) is 14.9 Å². The van der Waals surface area contributed by atoms with E-state index >= 15 is 0 Å². The number of fused-ring (bicyclic) bond motifs is 1. The predicted octanol–water partition coefficient (Wildman–Crippen LogP) is 6.49. The highest BCUT2D eigenvalue weighted by molar-refractivity contribution is 6.99. The Balaban J connectivity index is 1.23. The largest absolute Gasteiger partial charge is 0.405 e. The van der Waals surface area contributed by atoms with Crippen molar-refractivity contribution in [2.45, 2.75) is 90.4 Å². The van der Waals surface area contributed by atoms with Crippen molar-refractivity contribution < 1.29 is 9.16 Å². The number of aromatic amines is 1. The van der Waals surface area contributed by atoms with Gasteiger partial charge in [0.05, 0.1) is 30.7 Å². The number of ether oxygens (including phenoxy) is 1. The Bertz CT molecular complexity index is 2230. The molecule has 0 unspecified atom stereocenters. The summed E-state index contributed by atoms with van der Waals surface area (Å²) in [6.45, 7) is 26.7. The molecule has 1 saturated heterocycles. The fourth-order valence-electron chi connectivity index (χ4n) is 9.55. The van der Waals surface area contributed by atoms with Gasteiger partial charge in [0.15, 0.2) is 0 Å². The number of pyridine rings is 1. The third kappa shape index (κ3) is 9.85. The SMILES string of the molecule is CC(C)[Si](C#Cc1cc(=O)[nH]c2c1=CN(Nc1ccc(N3CCN(C)CC3)cc1CCOCCO[Si](c1ccccc1)(c1ccccc1)C(C)(C)C)CN=2)(C(C)C)C(C)C. The van der Waals surface area contributed by atoms with Gasteiger partial charge in [0.25, 0.3) is 13.9 Å². The lowest BCUT2D eigenvalue weighted by Crippen LogP contribution is -2.66. The van der Waals surface area contributed by atoms with Crippen LogP contribution in [0.25, 0.3) is 6.20 Å². The standard InChI is InChI=1S/C49H68N6O3Si2/c1-37(2)59(38(3)4,39(5)6)32-24-40-34-47(56)51-48-45(40)35-55(36-50-48)52-46-22-21-42(54-27-25-53(10)26-28-54)33-41(46)23-29-57-30-31-58-60(49(7,8)9,43-17-13-11-14-18-43)44-19-15-12-16-20-44/h11-22,33-35,37-39,52H,23,25-31,36H2,1-10H3,(H,50,51,56). The van der Waals surface area contributed by atoms with E-state index in [1.54, 1.807) is 6.07 Å². The van der Waals surface area contributed by atoms with Crippen molar-refractivity contribution in [3.05, 3.63) is 117 Å². The van der Waals surface area contributed by atoms with Crippen LogP contribution in [0.2, 0.25) is 21.7 Å². The quantitative estimate of drug-likeness (QED) is 0.0805. The van der Waals surface area contributed by atoms with Crippen molar-refractivity contribution >= 4 is 44.3 Å². The number of aromatic nitrogens is 1. The summed E-state index contributed by atoms with van der Waals surface area (Å²) in [6, 6.07) is 29.9. The van der Waals surface area contributed by atoms with E-state index < -0.39 is 16.4 Å². The molecule has 1 fully saturated rings. The second kappa shape index (κ2) is 19.5. The van der Waals surface area contributed by atoms with Crippen LogP contribution >= 0.6 is 0 Å². The smallest absolute Gasteiger partial charge is 0.261 e. The number of nitrogens with one attached hydrogen (secondary N) is 2. The summed E-state index contributed by atoms with van der Waals surface area (Å²) < 4.78 is 13.5. The molecular weight excluding hydrogens is 777 g/mol. The minimum Gasteiger partial charge on any atom is -0.405 e. The highest BCUT2D eigenvalue weighted by Crippen LogP contribution is 2.41. The van der Waals surface area contributed by atoms with Crippen molar-refractivity contribution in [3.63, 3.8) is 0 Å². The Morgan fingerprint density at radius 3 is 2.02 bits per heavy atom. The molecule has 0 amide bonds. The Kier molecular flexibility index (Phi) is 14.7. The van der Waals surface area contributed by atoms with Crippen LogP contribution in [0.1, 0.15) is 73.4 Å². The maximum Gasteiger partial charge on any atom is 0.261 e. The van der Waals surface area contributed by atoms with Gasteiger partial charge in [0.1, 0.15) is 20.2 Å². The Morgan fingerprint density at radius 2 is 1.43 bits per heavy atom. The minimum absolute atomic E-state index is 0.0938. The molecule has 3 heterocycles. The summed E-state index contributed by atoms with van der Waals surface area (Å²) in [5, 5.41) is 5.28. The number of likely N-dealkylation sites (N-methyl/N-ethyl adjacent to an activating group) is 1. The van der Waals surface area contributed by atoms with E-state index in [1.165, 1.54) is 21.6 Å².